The predicted octanol–water partition coefficient (Wildman–Crippen LogP) is 2.91. The Morgan fingerprint density at radius 2 is 1.66 bits per heavy atom. The van der Waals surface area contributed by atoms with Crippen LogP contribution in [0.5, 0.6) is 0 Å². The number of halogens is 1. The van der Waals surface area contributed by atoms with Gasteiger partial charge < -0.3 is 0 Å². The van der Waals surface area contributed by atoms with Crippen LogP contribution in [0.4, 0.5) is 4.39 Å². The fraction of sp³-hybridized carbons (Fsp3) is 0. The van der Waals surface area contributed by atoms with Crippen LogP contribution >= 0.6 is 0 Å². The average molecular weight is 387 g/mol. The van der Waals surface area contributed by atoms with Gasteiger partial charge >= 0.3 is 0 Å². The normalized spacial score (nSPS) is 10.5. The lowest BCUT2D eigenvalue weighted by Crippen LogP contribution is -2.42. The summed E-state index contributed by atoms with van der Waals surface area (Å²) >= 11 is 0. The van der Waals surface area contributed by atoms with Crippen molar-refractivity contribution in [3.8, 4) is 11.3 Å². The van der Waals surface area contributed by atoms with Gasteiger partial charge in [0.2, 0.25) is 0 Å². The van der Waals surface area contributed by atoms with Gasteiger partial charge in [-0.05, 0) is 36.4 Å². The zero-order valence-electron chi connectivity index (χ0n) is 15.0. The number of hydrogen-bond donors (Lipinski definition) is 2. The first-order valence-electron chi connectivity index (χ1n) is 8.64. The van der Waals surface area contributed by atoms with Crippen molar-refractivity contribution in [2.24, 2.45) is 0 Å². The molecule has 0 aliphatic rings. The molecule has 0 spiro atoms. The largest absolute Gasteiger partial charge is 0.289 e. The Hall–Kier alpha value is -4.20. The fourth-order valence-electron chi connectivity index (χ4n) is 2.79. The van der Waals surface area contributed by atoms with Crippen LogP contribution in [0.2, 0.25) is 0 Å². The van der Waals surface area contributed by atoms with Crippen molar-refractivity contribution in [3.05, 3.63) is 90.3 Å². The van der Waals surface area contributed by atoms with Crippen molar-refractivity contribution < 1.29 is 14.0 Å². The van der Waals surface area contributed by atoms with E-state index < -0.39 is 11.8 Å². The summed E-state index contributed by atoms with van der Waals surface area (Å²) in [4.78, 5) is 37.1. The summed E-state index contributed by atoms with van der Waals surface area (Å²) in [5, 5.41) is 0.615. The molecule has 7 nitrogen and oxygen atoms in total. The second-order valence-electron chi connectivity index (χ2n) is 6.08. The Bertz CT molecular complexity index is 1200. The third kappa shape index (κ3) is 3.91. The molecule has 2 aromatic heterocycles. The molecule has 4 aromatic rings. The monoisotopic (exact) mass is 387 g/mol. The highest BCUT2D eigenvalue weighted by molar-refractivity contribution is 6.08. The second kappa shape index (κ2) is 7.81. The van der Waals surface area contributed by atoms with Gasteiger partial charge in [0.1, 0.15) is 11.5 Å². The number of carbonyl (C=O) groups is 2. The van der Waals surface area contributed by atoms with Gasteiger partial charge in [-0.25, -0.2) is 14.4 Å². The number of amides is 2. The number of fused-ring (bicyclic) bond motifs is 1. The van der Waals surface area contributed by atoms with Gasteiger partial charge in [-0.15, -0.1) is 0 Å². The number of rotatable bonds is 3. The molecule has 2 heterocycles. The molecule has 142 valence electrons. The third-order valence-corrected chi connectivity index (χ3v) is 4.19. The summed E-state index contributed by atoms with van der Waals surface area (Å²) in [6.07, 6.45) is 4.10. The second-order valence-corrected chi connectivity index (χ2v) is 6.08. The fourth-order valence-corrected chi connectivity index (χ4v) is 2.79. The van der Waals surface area contributed by atoms with Gasteiger partial charge in [-0.2, -0.15) is 0 Å². The van der Waals surface area contributed by atoms with Crippen molar-refractivity contribution >= 4 is 22.7 Å². The van der Waals surface area contributed by atoms with Crippen LogP contribution in [0.3, 0.4) is 0 Å². The van der Waals surface area contributed by atoms with Gasteiger partial charge in [-0.1, -0.05) is 18.2 Å². The highest BCUT2D eigenvalue weighted by Crippen LogP contribution is 2.25. The molecule has 29 heavy (non-hydrogen) atoms. The average Bonchev–Trinajstić information content (AvgIpc) is 2.77. The van der Waals surface area contributed by atoms with E-state index in [0.717, 1.165) is 0 Å². The van der Waals surface area contributed by atoms with E-state index in [1.807, 2.05) is 0 Å². The minimum atomic E-state index is -0.594. The maximum atomic E-state index is 13.2. The molecule has 8 heteroatoms. The van der Waals surface area contributed by atoms with Gasteiger partial charge in [0.15, 0.2) is 0 Å². The molecular formula is C21H14FN5O2. The van der Waals surface area contributed by atoms with E-state index in [2.05, 4.69) is 25.8 Å². The molecular weight excluding hydrogens is 373 g/mol. The summed E-state index contributed by atoms with van der Waals surface area (Å²) < 4.78 is 13.2. The summed E-state index contributed by atoms with van der Waals surface area (Å²) in [5.74, 6) is -1.48. The van der Waals surface area contributed by atoms with E-state index in [4.69, 9.17) is 0 Å². The Balaban J connectivity index is 1.65. The first-order valence-corrected chi connectivity index (χ1v) is 8.64. The lowest BCUT2D eigenvalue weighted by Gasteiger charge is -2.11. The van der Waals surface area contributed by atoms with Crippen LogP contribution < -0.4 is 10.9 Å². The van der Waals surface area contributed by atoms with Crippen molar-refractivity contribution in [2.75, 3.05) is 0 Å². The highest BCUT2D eigenvalue weighted by atomic mass is 19.1. The number of hydrazine groups is 1. The zero-order chi connectivity index (χ0) is 20.2. The smallest absolute Gasteiger partial charge is 0.267 e. The molecule has 2 N–H and O–H groups in total. The van der Waals surface area contributed by atoms with Crippen molar-refractivity contribution in [1.82, 2.24) is 25.8 Å². The SMILES string of the molecule is O=C(NNC(=O)c1cc(-c2ccc(F)cc2)nc2ccccc12)c1cnccn1. The van der Waals surface area contributed by atoms with E-state index in [1.165, 1.54) is 30.7 Å². The molecule has 0 bridgehead atoms. The number of nitrogens with one attached hydrogen (secondary N) is 2. The molecule has 0 saturated carbocycles. The molecule has 0 radical (unpaired) electrons. The minimum Gasteiger partial charge on any atom is -0.267 e. The van der Waals surface area contributed by atoms with E-state index in [1.54, 1.807) is 42.5 Å². The van der Waals surface area contributed by atoms with E-state index >= 15 is 0 Å². The maximum Gasteiger partial charge on any atom is 0.289 e. The quantitative estimate of drug-likeness (QED) is 0.527. The van der Waals surface area contributed by atoms with Crippen molar-refractivity contribution in [2.45, 2.75) is 0 Å². The maximum absolute atomic E-state index is 13.2. The molecule has 2 amide bonds. The first kappa shape index (κ1) is 18.2. The first-order chi connectivity index (χ1) is 14.1. The Labute approximate surface area is 164 Å². The molecule has 4 rings (SSSR count). The number of nitrogens with zero attached hydrogens (tertiary/aromatic N) is 3. The van der Waals surface area contributed by atoms with Crippen LogP contribution in [0.25, 0.3) is 22.2 Å². The van der Waals surface area contributed by atoms with Crippen LogP contribution in [0, 0.1) is 5.82 Å². The standard InChI is InChI=1S/C21H14FN5O2/c22-14-7-5-13(6-8-14)18-11-16(15-3-1-2-4-17(15)25-18)20(28)26-27-21(29)19-12-23-9-10-24-19/h1-12H,(H,26,28)(H,27,29). The molecule has 0 aliphatic heterocycles. The topological polar surface area (TPSA) is 96.9 Å². The number of aromatic nitrogens is 3. The van der Waals surface area contributed by atoms with Crippen LogP contribution in [0.1, 0.15) is 20.8 Å². The highest BCUT2D eigenvalue weighted by Gasteiger charge is 2.15. The Morgan fingerprint density at radius 1 is 0.897 bits per heavy atom. The molecule has 0 fully saturated rings. The van der Waals surface area contributed by atoms with Crippen molar-refractivity contribution in [1.29, 1.82) is 0 Å². The van der Waals surface area contributed by atoms with Gasteiger partial charge in [-0.3, -0.25) is 25.4 Å². The predicted molar refractivity (Wildman–Crippen MR) is 104 cm³/mol. The molecule has 0 saturated heterocycles. The summed E-state index contributed by atoms with van der Waals surface area (Å²) in [6.45, 7) is 0. The van der Waals surface area contributed by atoms with Gasteiger partial charge in [0.05, 0.1) is 23.0 Å². The lowest BCUT2D eigenvalue weighted by atomic mass is 10.0. The van der Waals surface area contributed by atoms with Crippen LogP contribution in [-0.2, 0) is 0 Å². The number of carbonyl (C=O) groups excluding carboxylic acids is 2. The third-order valence-electron chi connectivity index (χ3n) is 4.19. The van der Waals surface area contributed by atoms with Gasteiger partial charge in [0.25, 0.3) is 11.8 Å². The van der Waals surface area contributed by atoms with Crippen LogP contribution in [0.15, 0.2) is 73.2 Å². The lowest BCUT2D eigenvalue weighted by molar-refractivity contribution is 0.0844. The van der Waals surface area contributed by atoms with Crippen LogP contribution in [-0.4, -0.2) is 26.8 Å². The summed E-state index contributed by atoms with van der Waals surface area (Å²) in [6, 6.07) is 14.6. The zero-order valence-corrected chi connectivity index (χ0v) is 15.0. The number of benzene rings is 2. The van der Waals surface area contributed by atoms with E-state index in [0.29, 0.717) is 27.7 Å². The molecule has 0 atom stereocenters. The molecule has 0 unspecified atom stereocenters. The summed E-state index contributed by atoms with van der Waals surface area (Å²) in [7, 11) is 0. The Kier molecular flexibility index (Phi) is 4.90. The van der Waals surface area contributed by atoms with E-state index in [9.17, 15) is 14.0 Å². The van der Waals surface area contributed by atoms with Gasteiger partial charge in [0, 0.05) is 23.3 Å². The van der Waals surface area contributed by atoms with E-state index in [-0.39, 0.29) is 11.5 Å². The molecule has 2 aromatic carbocycles. The number of hydrogen-bond acceptors (Lipinski definition) is 5. The minimum absolute atomic E-state index is 0.0689. The number of para-hydroxylation sites is 1. The summed E-state index contributed by atoms with van der Waals surface area (Å²) in [5.41, 5.74) is 6.85. The Morgan fingerprint density at radius 3 is 2.41 bits per heavy atom. The molecule has 0 aliphatic carbocycles. The number of pyridine rings is 1. The van der Waals surface area contributed by atoms with Crippen molar-refractivity contribution in [3.63, 3.8) is 0 Å².